The summed E-state index contributed by atoms with van der Waals surface area (Å²) in [6.45, 7) is 3.03. The number of aliphatic carboxylic acids is 1. The number of nitrogens with zero attached hydrogens (tertiary/aromatic N) is 1. The van der Waals surface area contributed by atoms with Crippen molar-refractivity contribution in [1.29, 1.82) is 0 Å². The van der Waals surface area contributed by atoms with Crippen LogP contribution in [0.5, 0.6) is 0 Å². The first-order valence-corrected chi connectivity index (χ1v) is 8.85. The predicted molar refractivity (Wildman–Crippen MR) is 95.0 cm³/mol. The van der Waals surface area contributed by atoms with E-state index in [1.807, 2.05) is 24.3 Å². The minimum Gasteiger partial charge on any atom is -0.481 e. The zero-order valence-electron chi connectivity index (χ0n) is 14.9. The number of amides is 1. The third-order valence-corrected chi connectivity index (χ3v) is 4.67. The smallest absolute Gasteiger partial charge is 0.303 e. The molecule has 1 amide bonds. The number of rotatable bonds is 8. The van der Waals surface area contributed by atoms with Gasteiger partial charge in [-0.15, -0.1) is 0 Å². The van der Waals surface area contributed by atoms with Crippen LogP contribution < -0.4 is 5.32 Å². The Morgan fingerprint density at radius 2 is 2.00 bits per heavy atom. The maximum Gasteiger partial charge on any atom is 0.303 e. The molecule has 6 nitrogen and oxygen atoms in total. The van der Waals surface area contributed by atoms with Crippen molar-refractivity contribution < 1.29 is 19.4 Å². The molecule has 1 unspecified atom stereocenters. The lowest BCUT2D eigenvalue weighted by molar-refractivity contribution is -0.138. The molecule has 138 valence electrons. The van der Waals surface area contributed by atoms with Gasteiger partial charge in [-0.3, -0.25) is 14.5 Å². The second-order valence-electron chi connectivity index (χ2n) is 6.65. The maximum absolute atomic E-state index is 12.2. The van der Waals surface area contributed by atoms with Gasteiger partial charge in [-0.1, -0.05) is 24.3 Å². The molecule has 25 heavy (non-hydrogen) atoms. The molecule has 0 spiro atoms. The monoisotopic (exact) mass is 348 g/mol. The Balaban J connectivity index is 1.78. The van der Waals surface area contributed by atoms with Crippen LogP contribution in [0.2, 0.25) is 0 Å². The van der Waals surface area contributed by atoms with Crippen LogP contribution in [0.1, 0.15) is 36.8 Å². The number of nitrogens with one attached hydrogen (secondary N) is 1. The number of carbonyl (C=O) groups excluding carboxylic acids is 1. The van der Waals surface area contributed by atoms with Crippen molar-refractivity contribution in [2.45, 2.75) is 38.8 Å². The molecule has 0 saturated carbocycles. The second-order valence-corrected chi connectivity index (χ2v) is 6.65. The van der Waals surface area contributed by atoms with Crippen molar-refractivity contribution in [3.63, 3.8) is 0 Å². The topological polar surface area (TPSA) is 78.9 Å². The Morgan fingerprint density at radius 3 is 2.72 bits per heavy atom. The zero-order valence-corrected chi connectivity index (χ0v) is 14.9. The van der Waals surface area contributed by atoms with E-state index in [1.165, 1.54) is 0 Å². The van der Waals surface area contributed by atoms with Gasteiger partial charge in [0.15, 0.2) is 0 Å². The van der Waals surface area contributed by atoms with Gasteiger partial charge in [0.2, 0.25) is 5.91 Å². The number of methoxy groups -OCH3 is 1. The lowest BCUT2D eigenvalue weighted by Crippen LogP contribution is -2.37. The number of likely N-dealkylation sites (tertiary alicyclic amines) is 1. The Bertz CT molecular complexity index is 576. The van der Waals surface area contributed by atoms with Crippen LogP contribution in [-0.4, -0.2) is 48.6 Å². The highest BCUT2D eigenvalue weighted by Crippen LogP contribution is 2.20. The largest absolute Gasteiger partial charge is 0.481 e. The van der Waals surface area contributed by atoms with Gasteiger partial charge in [0.05, 0.1) is 13.2 Å². The van der Waals surface area contributed by atoms with Crippen LogP contribution in [0.3, 0.4) is 0 Å². The quantitative estimate of drug-likeness (QED) is 0.751. The van der Waals surface area contributed by atoms with E-state index in [-0.39, 0.29) is 18.2 Å². The highest BCUT2D eigenvalue weighted by Gasteiger charge is 2.20. The molecule has 1 aromatic carbocycles. The summed E-state index contributed by atoms with van der Waals surface area (Å²) in [5, 5.41) is 11.9. The lowest BCUT2D eigenvalue weighted by Gasteiger charge is -2.19. The molecule has 2 rings (SSSR count). The average molecular weight is 348 g/mol. The molecule has 1 aliphatic heterocycles. The number of carboxylic acid groups (broad SMARTS) is 1. The molecule has 1 heterocycles. The van der Waals surface area contributed by atoms with Crippen molar-refractivity contribution in [3.05, 3.63) is 35.4 Å². The summed E-state index contributed by atoms with van der Waals surface area (Å²) < 4.78 is 5.19. The fourth-order valence-electron chi connectivity index (χ4n) is 3.31. The standard InChI is InChI=1S/C19H28N2O4/c1-25-14-17-7-3-2-6-16(17)12-20-18(22)13-21-9-4-5-15(8-10-21)11-19(23)24/h2-3,6-7,15H,4-5,8-14H2,1H3,(H,20,22)(H,23,24). The van der Waals surface area contributed by atoms with Crippen molar-refractivity contribution in [1.82, 2.24) is 10.2 Å². The molecule has 0 radical (unpaired) electrons. The average Bonchev–Trinajstić information content (AvgIpc) is 2.79. The van der Waals surface area contributed by atoms with Crippen LogP contribution in [0.15, 0.2) is 24.3 Å². The molecule has 1 aromatic rings. The van der Waals surface area contributed by atoms with E-state index < -0.39 is 5.97 Å². The number of hydrogen-bond acceptors (Lipinski definition) is 4. The van der Waals surface area contributed by atoms with Gasteiger partial charge < -0.3 is 15.2 Å². The number of hydrogen-bond donors (Lipinski definition) is 2. The van der Waals surface area contributed by atoms with Crippen LogP contribution in [0.4, 0.5) is 0 Å². The first kappa shape index (κ1) is 19.4. The molecule has 2 N–H and O–H groups in total. The second kappa shape index (κ2) is 10.2. The summed E-state index contributed by atoms with van der Waals surface area (Å²) in [6.07, 6.45) is 2.95. The normalized spacial score (nSPS) is 18.5. The molecule has 6 heteroatoms. The van der Waals surface area contributed by atoms with Gasteiger partial charge >= 0.3 is 5.97 Å². The van der Waals surface area contributed by atoms with E-state index in [1.54, 1.807) is 7.11 Å². The Labute approximate surface area is 149 Å². The Hall–Kier alpha value is -1.92. The molecule has 1 saturated heterocycles. The molecule has 1 aliphatic rings. The molecule has 0 aliphatic carbocycles. The third-order valence-electron chi connectivity index (χ3n) is 4.67. The third kappa shape index (κ3) is 6.84. The fourth-order valence-corrected chi connectivity index (χ4v) is 3.31. The SMILES string of the molecule is COCc1ccccc1CNC(=O)CN1CCCC(CC(=O)O)CC1. The minimum absolute atomic E-state index is 0.00362. The summed E-state index contributed by atoms with van der Waals surface area (Å²) in [7, 11) is 1.66. The van der Waals surface area contributed by atoms with Gasteiger partial charge in [-0.2, -0.15) is 0 Å². The summed E-state index contributed by atoms with van der Waals surface area (Å²) in [6, 6.07) is 7.92. The van der Waals surface area contributed by atoms with E-state index in [4.69, 9.17) is 9.84 Å². The van der Waals surface area contributed by atoms with Crippen LogP contribution >= 0.6 is 0 Å². The van der Waals surface area contributed by atoms with E-state index >= 15 is 0 Å². The number of ether oxygens (including phenoxy) is 1. The summed E-state index contributed by atoms with van der Waals surface area (Å²) in [5.74, 6) is -0.499. The number of carbonyl (C=O) groups is 2. The number of carboxylic acids is 1. The summed E-state index contributed by atoms with van der Waals surface area (Å²) in [4.78, 5) is 25.2. The van der Waals surface area contributed by atoms with Crippen molar-refractivity contribution in [2.24, 2.45) is 5.92 Å². The molecular weight excluding hydrogens is 320 g/mol. The Kier molecular flexibility index (Phi) is 7.88. The number of benzene rings is 1. The highest BCUT2D eigenvalue weighted by atomic mass is 16.5. The van der Waals surface area contributed by atoms with Gasteiger partial charge in [-0.25, -0.2) is 0 Å². The van der Waals surface area contributed by atoms with Gasteiger partial charge in [0.25, 0.3) is 0 Å². The van der Waals surface area contributed by atoms with Crippen molar-refractivity contribution in [2.75, 3.05) is 26.7 Å². The fraction of sp³-hybridized carbons (Fsp3) is 0.579. The highest BCUT2D eigenvalue weighted by molar-refractivity contribution is 5.78. The first-order chi connectivity index (χ1) is 12.1. The first-order valence-electron chi connectivity index (χ1n) is 8.85. The van der Waals surface area contributed by atoms with Crippen molar-refractivity contribution >= 4 is 11.9 Å². The van der Waals surface area contributed by atoms with Gasteiger partial charge in [0, 0.05) is 20.1 Å². The molecule has 0 aromatic heterocycles. The van der Waals surface area contributed by atoms with Gasteiger partial charge in [-0.05, 0) is 49.4 Å². The summed E-state index contributed by atoms with van der Waals surface area (Å²) >= 11 is 0. The van der Waals surface area contributed by atoms with Gasteiger partial charge in [0.1, 0.15) is 0 Å². The zero-order chi connectivity index (χ0) is 18.1. The minimum atomic E-state index is -0.731. The van der Waals surface area contributed by atoms with Crippen LogP contribution in [0, 0.1) is 5.92 Å². The van der Waals surface area contributed by atoms with E-state index in [0.717, 1.165) is 43.5 Å². The molecule has 1 atom stereocenters. The summed E-state index contributed by atoms with van der Waals surface area (Å²) in [5.41, 5.74) is 2.15. The lowest BCUT2D eigenvalue weighted by atomic mass is 9.97. The Morgan fingerprint density at radius 1 is 1.24 bits per heavy atom. The van der Waals surface area contributed by atoms with Crippen LogP contribution in [0.25, 0.3) is 0 Å². The maximum atomic E-state index is 12.2. The molecular formula is C19H28N2O4. The molecule has 0 bridgehead atoms. The van der Waals surface area contributed by atoms with E-state index in [2.05, 4.69) is 10.2 Å². The van der Waals surface area contributed by atoms with E-state index in [0.29, 0.717) is 19.7 Å². The van der Waals surface area contributed by atoms with Crippen LogP contribution in [-0.2, 0) is 27.5 Å². The van der Waals surface area contributed by atoms with Crippen molar-refractivity contribution in [3.8, 4) is 0 Å². The molecule has 1 fully saturated rings. The van der Waals surface area contributed by atoms with E-state index in [9.17, 15) is 9.59 Å². The predicted octanol–water partition coefficient (Wildman–Crippen LogP) is 2.03.